The van der Waals surface area contributed by atoms with Gasteiger partial charge in [-0.3, -0.25) is 9.48 Å². The normalized spacial score (nSPS) is 18.0. The maximum Gasteiger partial charge on any atom is 0.244 e. The second-order valence-corrected chi connectivity index (χ2v) is 5.25. The van der Waals surface area contributed by atoms with Crippen molar-refractivity contribution >= 4 is 5.91 Å². The maximum atomic E-state index is 12.1. The molecule has 3 heterocycles. The monoisotopic (exact) mass is 286 g/mol. The van der Waals surface area contributed by atoms with Gasteiger partial charge in [0.05, 0.1) is 6.54 Å². The van der Waals surface area contributed by atoms with Gasteiger partial charge in [-0.05, 0) is 18.6 Å². The van der Waals surface area contributed by atoms with E-state index in [2.05, 4.69) is 10.1 Å². The van der Waals surface area contributed by atoms with Crippen LogP contribution in [-0.4, -0.2) is 44.8 Å². The third kappa shape index (κ3) is 3.39. The summed E-state index contributed by atoms with van der Waals surface area (Å²) in [7, 11) is 0. The molecule has 0 radical (unpaired) electrons. The zero-order valence-electron chi connectivity index (χ0n) is 12.0. The van der Waals surface area contributed by atoms with E-state index in [4.69, 9.17) is 4.74 Å². The van der Waals surface area contributed by atoms with E-state index in [0.717, 1.165) is 18.5 Å². The van der Waals surface area contributed by atoms with Crippen molar-refractivity contribution in [3.63, 3.8) is 0 Å². The highest BCUT2D eigenvalue weighted by molar-refractivity contribution is 5.76. The number of hydrogen-bond acceptors (Lipinski definition) is 4. The summed E-state index contributed by atoms with van der Waals surface area (Å²) >= 11 is 0. The predicted octanol–water partition coefficient (Wildman–Crippen LogP) is 1.27. The first kappa shape index (κ1) is 13.6. The van der Waals surface area contributed by atoms with Gasteiger partial charge in [0.2, 0.25) is 11.8 Å². The van der Waals surface area contributed by atoms with E-state index in [9.17, 15) is 4.79 Å². The molecule has 1 unspecified atom stereocenters. The lowest BCUT2D eigenvalue weighted by molar-refractivity contribution is -0.131. The number of rotatable bonds is 4. The molecule has 6 heteroatoms. The largest absolute Gasteiger partial charge is 0.472 e. The Bertz CT molecular complexity index is 595. The summed E-state index contributed by atoms with van der Waals surface area (Å²) in [5.41, 5.74) is 1.10. The Morgan fingerprint density at radius 1 is 1.48 bits per heavy atom. The third-order valence-electron chi connectivity index (χ3n) is 3.53. The van der Waals surface area contributed by atoms with Gasteiger partial charge in [-0.2, -0.15) is 5.10 Å². The Morgan fingerprint density at radius 2 is 2.38 bits per heavy atom. The zero-order chi connectivity index (χ0) is 14.7. The molecule has 3 rings (SSSR count). The summed E-state index contributed by atoms with van der Waals surface area (Å²) in [6.45, 7) is 3.59. The van der Waals surface area contributed by atoms with Crippen molar-refractivity contribution in [2.24, 2.45) is 0 Å². The van der Waals surface area contributed by atoms with Crippen LogP contribution in [0.5, 0.6) is 5.88 Å². The Morgan fingerprint density at radius 3 is 3.10 bits per heavy atom. The molecule has 110 valence electrons. The molecule has 0 saturated carbocycles. The number of likely N-dealkylation sites (tertiary alicyclic amines) is 1. The number of ether oxygens (including phenoxy) is 1. The lowest BCUT2D eigenvalue weighted by atomic mass is 10.3. The number of aryl methyl sites for hydroxylation is 1. The first-order valence-electron chi connectivity index (χ1n) is 7.05. The average Bonchev–Trinajstić information content (AvgIpc) is 3.13. The molecule has 1 fully saturated rings. The summed E-state index contributed by atoms with van der Waals surface area (Å²) in [6, 6.07) is 5.65. The zero-order valence-corrected chi connectivity index (χ0v) is 12.0. The number of hydrogen-bond donors (Lipinski definition) is 0. The van der Waals surface area contributed by atoms with Crippen molar-refractivity contribution in [3.05, 3.63) is 42.4 Å². The lowest BCUT2D eigenvalue weighted by Gasteiger charge is -2.17. The van der Waals surface area contributed by atoms with Crippen LogP contribution in [0, 0.1) is 6.92 Å². The summed E-state index contributed by atoms with van der Waals surface area (Å²) in [5.74, 6) is 0.689. The smallest absolute Gasteiger partial charge is 0.244 e. The minimum Gasteiger partial charge on any atom is -0.472 e. The highest BCUT2D eigenvalue weighted by Crippen LogP contribution is 2.17. The molecule has 21 heavy (non-hydrogen) atoms. The molecule has 0 bridgehead atoms. The van der Waals surface area contributed by atoms with Crippen LogP contribution in [0.3, 0.4) is 0 Å². The van der Waals surface area contributed by atoms with E-state index in [1.807, 2.05) is 30.0 Å². The van der Waals surface area contributed by atoms with Crippen molar-refractivity contribution in [2.45, 2.75) is 26.0 Å². The molecular weight excluding hydrogens is 268 g/mol. The summed E-state index contributed by atoms with van der Waals surface area (Å²) in [5, 5.41) is 4.05. The molecule has 2 aromatic heterocycles. The fourth-order valence-electron chi connectivity index (χ4n) is 2.38. The van der Waals surface area contributed by atoms with E-state index < -0.39 is 0 Å². The summed E-state index contributed by atoms with van der Waals surface area (Å²) in [6.07, 6.45) is 6.09. The summed E-state index contributed by atoms with van der Waals surface area (Å²) < 4.78 is 7.46. The molecule has 0 aromatic carbocycles. The van der Waals surface area contributed by atoms with Gasteiger partial charge in [-0.1, -0.05) is 6.07 Å². The maximum absolute atomic E-state index is 12.1. The summed E-state index contributed by atoms with van der Waals surface area (Å²) in [4.78, 5) is 18.2. The number of amides is 1. The van der Waals surface area contributed by atoms with E-state index in [0.29, 0.717) is 12.4 Å². The second-order valence-electron chi connectivity index (χ2n) is 5.25. The van der Waals surface area contributed by atoms with Crippen molar-refractivity contribution in [1.29, 1.82) is 0 Å². The Hall–Kier alpha value is -2.37. The predicted molar refractivity (Wildman–Crippen MR) is 76.8 cm³/mol. The molecule has 1 aliphatic rings. The van der Waals surface area contributed by atoms with Crippen LogP contribution in [0.2, 0.25) is 0 Å². The topological polar surface area (TPSA) is 60.2 Å². The van der Waals surface area contributed by atoms with E-state index in [1.54, 1.807) is 23.3 Å². The van der Waals surface area contributed by atoms with Gasteiger partial charge in [0.1, 0.15) is 12.6 Å². The number of carbonyl (C=O) groups excluding carboxylic acids is 1. The van der Waals surface area contributed by atoms with Crippen LogP contribution in [0.4, 0.5) is 0 Å². The number of pyridine rings is 1. The van der Waals surface area contributed by atoms with Gasteiger partial charge < -0.3 is 9.64 Å². The molecule has 0 spiro atoms. The fraction of sp³-hybridized carbons (Fsp3) is 0.400. The van der Waals surface area contributed by atoms with Crippen molar-refractivity contribution in [2.75, 3.05) is 13.1 Å². The second kappa shape index (κ2) is 5.95. The van der Waals surface area contributed by atoms with Crippen molar-refractivity contribution in [1.82, 2.24) is 19.7 Å². The molecular formula is C15H18N4O2. The average molecular weight is 286 g/mol. The lowest BCUT2D eigenvalue weighted by Crippen LogP contribution is -2.33. The highest BCUT2D eigenvalue weighted by Gasteiger charge is 2.27. The Balaban J connectivity index is 1.53. The quantitative estimate of drug-likeness (QED) is 0.849. The van der Waals surface area contributed by atoms with Gasteiger partial charge in [0.25, 0.3) is 0 Å². The third-order valence-corrected chi connectivity index (χ3v) is 3.53. The minimum atomic E-state index is 0.0155. The van der Waals surface area contributed by atoms with Crippen molar-refractivity contribution < 1.29 is 9.53 Å². The van der Waals surface area contributed by atoms with Gasteiger partial charge >= 0.3 is 0 Å². The molecule has 1 aliphatic heterocycles. The first-order chi connectivity index (χ1) is 10.2. The number of carbonyl (C=O) groups is 1. The van der Waals surface area contributed by atoms with Crippen LogP contribution in [0.15, 0.2) is 36.8 Å². The van der Waals surface area contributed by atoms with Gasteiger partial charge in [-0.15, -0.1) is 0 Å². The van der Waals surface area contributed by atoms with Crippen LogP contribution in [0.1, 0.15) is 12.0 Å². The van der Waals surface area contributed by atoms with Crippen LogP contribution < -0.4 is 4.74 Å². The van der Waals surface area contributed by atoms with E-state index in [-0.39, 0.29) is 18.6 Å². The van der Waals surface area contributed by atoms with Gasteiger partial charge in [0.15, 0.2) is 0 Å². The molecule has 1 atom stereocenters. The van der Waals surface area contributed by atoms with Gasteiger partial charge in [0, 0.05) is 37.6 Å². The molecule has 6 nitrogen and oxygen atoms in total. The standard InChI is InChI=1S/C15H18N4O2/c1-12-3-4-14(16-9-12)21-13-5-8-18(10-13)15(20)11-19-7-2-6-17-19/h2-4,6-7,9,13H,5,8,10-11H2,1H3. The van der Waals surface area contributed by atoms with Crippen LogP contribution in [-0.2, 0) is 11.3 Å². The van der Waals surface area contributed by atoms with Crippen LogP contribution in [0.25, 0.3) is 0 Å². The Labute approximate surface area is 123 Å². The Kier molecular flexibility index (Phi) is 3.85. The molecule has 0 N–H and O–H groups in total. The van der Waals surface area contributed by atoms with Gasteiger partial charge in [-0.25, -0.2) is 4.98 Å². The van der Waals surface area contributed by atoms with E-state index >= 15 is 0 Å². The number of aromatic nitrogens is 3. The van der Waals surface area contributed by atoms with E-state index in [1.165, 1.54) is 0 Å². The van der Waals surface area contributed by atoms with Crippen molar-refractivity contribution in [3.8, 4) is 5.88 Å². The fourth-order valence-corrected chi connectivity index (χ4v) is 2.38. The first-order valence-corrected chi connectivity index (χ1v) is 7.05. The molecule has 0 aliphatic carbocycles. The highest BCUT2D eigenvalue weighted by atomic mass is 16.5. The number of nitrogens with zero attached hydrogens (tertiary/aromatic N) is 4. The molecule has 2 aromatic rings. The minimum absolute atomic E-state index is 0.0155. The molecule has 1 saturated heterocycles. The SMILES string of the molecule is Cc1ccc(OC2CCN(C(=O)Cn3cccn3)C2)nc1. The molecule has 1 amide bonds. The van der Waals surface area contributed by atoms with Crippen LogP contribution >= 0.6 is 0 Å².